The average Bonchev–Trinajstić information content (AvgIpc) is 2.62. The molecule has 0 radical (unpaired) electrons. The Hall–Kier alpha value is -0.990. The summed E-state index contributed by atoms with van der Waals surface area (Å²) < 4.78 is 0. The number of aromatic nitrogens is 1. The highest BCUT2D eigenvalue weighted by atomic mass is 35.5. The molecule has 3 rings (SSSR count). The van der Waals surface area contributed by atoms with Crippen LogP contribution in [0.5, 0.6) is 0 Å². The second-order valence-electron chi connectivity index (χ2n) is 7.45. The molecule has 1 fully saturated rings. The number of benzene rings is 1. The van der Waals surface area contributed by atoms with E-state index in [2.05, 4.69) is 30.9 Å². The van der Waals surface area contributed by atoms with Crippen LogP contribution in [0.1, 0.15) is 76.7 Å². The van der Waals surface area contributed by atoms with Crippen LogP contribution < -0.4 is 4.90 Å². The minimum Gasteiger partial charge on any atom is -0.357 e. The van der Waals surface area contributed by atoms with Gasteiger partial charge in [0.05, 0.1) is 15.6 Å². The van der Waals surface area contributed by atoms with Crippen LogP contribution >= 0.6 is 23.2 Å². The predicted molar refractivity (Wildman–Crippen MR) is 115 cm³/mol. The lowest BCUT2D eigenvalue weighted by molar-refractivity contribution is 0.457. The number of rotatable bonds is 5. The molecule has 2 aromatic rings. The van der Waals surface area contributed by atoms with Crippen LogP contribution in [0.25, 0.3) is 10.9 Å². The molecular formula is C22H30Cl2N2. The molecule has 1 aliphatic rings. The van der Waals surface area contributed by atoms with Crippen molar-refractivity contribution < 1.29 is 0 Å². The Bertz CT molecular complexity index is 736. The summed E-state index contributed by atoms with van der Waals surface area (Å²) in [6.07, 6.45) is 10.4. The summed E-state index contributed by atoms with van der Waals surface area (Å²) in [6.45, 7) is 6.37. The minimum absolute atomic E-state index is 0.589. The van der Waals surface area contributed by atoms with Crippen molar-refractivity contribution in [3.8, 4) is 0 Å². The van der Waals surface area contributed by atoms with Crippen molar-refractivity contribution in [2.75, 3.05) is 18.0 Å². The Balaban J connectivity index is 2.13. The number of hydrogen-bond acceptors (Lipinski definition) is 2. The molecule has 0 atom stereocenters. The molecule has 142 valence electrons. The van der Waals surface area contributed by atoms with Crippen molar-refractivity contribution >= 4 is 39.9 Å². The maximum atomic E-state index is 6.58. The third kappa shape index (κ3) is 4.28. The molecule has 0 spiro atoms. The largest absolute Gasteiger partial charge is 0.357 e. The van der Waals surface area contributed by atoms with Gasteiger partial charge in [-0.05, 0) is 49.8 Å². The van der Waals surface area contributed by atoms with Crippen LogP contribution in [0.15, 0.2) is 18.2 Å². The van der Waals surface area contributed by atoms with E-state index in [9.17, 15) is 0 Å². The Morgan fingerprint density at radius 1 is 1.04 bits per heavy atom. The van der Waals surface area contributed by atoms with Crippen molar-refractivity contribution in [3.05, 3.63) is 33.8 Å². The Morgan fingerprint density at radius 2 is 1.73 bits per heavy atom. The lowest BCUT2D eigenvalue weighted by Crippen LogP contribution is -2.24. The number of nitrogens with zero attached hydrogens (tertiary/aromatic N) is 2. The molecule has 0 N–H and O–H groups in total. The van der Waals surface area contributed by atoms with Gasteiger partial charge in [0, 0.05) is 18.5 Å². The third-order valence-electron chi connectivity index (χ3n) is 5.64. The number of halogens is 2. The van der Waals surface area contributed by atoms with Gasteiger partial charge in [-0.1, -0.05) is 68.3 Å². The second-order valence-corrected chi connectivity index (χ2v) is 8.23. The minimum atomic E-state index is 0.589. The summed E-state index contributed by atoms with van der Waals surface area (Å²) in [7, 11) is 0. The van der Waals surface area contributed by atoms with E-state index in [-0.39, 0.29) is 0 Å². The first-order valence-electron chi connectivity index (χ1n) is 10.2. The molecule has 1 saturated carbocycles. The van der Waals surface area contributed by atoms with Crippen LogP contribution in [-0.2, 0) is 0 Å². The van der Waals surface area contributed by atoms with Gasteiger partial charge in [-0.15, -0.1) is 0 Å². The van der Waals surface area contributed by atoms with Crippen LogP contribution in [0.3, 0.4) is 0 Å². The SMILES string of the molecule is CCCN(CC)c1cc(C2CCCCCCC2)c2ccc(Cl)c(Cl)c2n1. The Morgan fingerprint density at radius 3 is 2.38 bits per heavy atom. The zero-order valence-corrected chi connectivity index (χ0v) is 17.5. The van der Waals surface area contributed by atoms with Gasteiger partial charge in [0.2, 0.25) is 0 Å². The van der Waals surface area contributed by atoms with E-state index < -0.39 is 0 Å². The zero-order valence-electron chi connectivity index (χ0n) is 16.0. The van der Waals surface area contributed by atoms with Crippen LogP contribution in [0.2, 0.25) is 10.0 Å². The van der Waals surface area contributed by atoms with E-state index in [1.54, 1.807) is 0 Å². The van der Waals surface area contributed by atoms with Gasteiger partial charge in [-0.3, -0.25) is 0 Å². The van der Waals surface area contributed by atoms with Crippen molar-refractivity contribution in [2.24, 2.45) is 0 Å². The van der Waals surface area contributed by atoms with E-state index in [1.165, 1.54) is 55.9 Å². The van der Waals surface area contributed by atoms with E-state index in [0.29, 0.717) is 16.0 Å². The van der Waals surface area contributed by atoms with Gasteiger partial charge < -0.3 is 4.90 Å². The normalized spacial score (nSPS) is 16.5. The quantitative estimate of drug-likeness (QED) is 0.520. The summed E-state index contributed by atoms with van der Waals surface area (Å²) >= 11 is 12.9. The fraction of sp³-hybridized carbons (Fsp3) is 0.591. The summed E-state index contributed by atoms with van der Waals surface area (Å²) in [5.74, 6) is 1.64. The van der Waals surface area contributed by atoms with E-state index in [4.69, 9.17) is 28.2 Å². The molecule has 0 saturated heterocycles. The van der Waals surface area contributed by atoms with Gasteiger partial charge in [-0.2, -0.15) is 0 Å². The van der Waals surface area contributed by atoms with Crippen molar-refractivity contribution in [1.82, 2.24) is 4.98 Å². The van der Waals surface area contributed by atoms with Gasteiger partial charge >= 0.3 is 0 Å². The number of anilines is 1. The average molecular weight is 393 g/mol. The maximum absolute atomic E-state index is 6.58. The first-order chi connectivity index (χ1) is 12.7. The van der Waals surface area contributed by atoms with Crippen LogP contribution in [-0.4, -0.2) is 18.1 Å². The molecule has 1 aliphatic carbocycles. The number of pyridine rings is 1. The number of fused-ring (bicyclic) bond motifs is 1. The smallest absolute Gasteiger partial charge is 0.129 e. The van der Waals surface area contributed by atoms with Crippen molar-refractivity contribution in [2.45, 2.75) is 71.1 Å². The molecular weight excluding hydrogens is 363 g/mol. The van der Waals surface area contributed by atoms with Gasteiger partial charge in [0.15, 0.2) is 0 Å². The zero-order chi connectivity index (χ0) is 18.5. The molecule has 4 heteroatoms. The summed E-state index contributed by atoms with van der Waals surface area (Å²) in [5.41, 5.74) is 2.28. The van der Waals surface area contributed by atoms with Gasteiger partial charge in [0.25, 0.3) is 0 Å². The molecule has 0 bridgehead atoms. The molecule has 2 nitrogen and oxygen atoms in total. The summed E-state index contributed by atoms with van der Waals surface area (Å²) in [6, 6.07) is 6.37. The summed E-state index contributed by atoms with van der Waals surface area (Å²) in [5, 5.41) is 2.36. The standard InChI is InChI=1S/C22H30Cl2N2/c1-3-14-26(4-2)20-15-18(16-10-8-6-5-7-9-11-16)17-12-13-19(23)21(24)22(17)25-20/h12-13,15-16H,3-11,14H2,1-2H3. The fourth-order valence-corrected chi connectivity index (χ4v) is 4.58. The Labute approximate surface area is 167 Å². The van der Waals surface area contributed by atoms with Gasteiger partial charge in [-0.25, -0.2) is 4.98 Å². The van der Waals surface area contributed by atoms with E-state index in [0.717, 1.165) is 30.8 Å². The predicted octanol–water partition coefficient (Wildman–Crippen LogP) is 7.61. The second kappa shape index (κ2) is 9.28. The Kier molecular flexibility index (Phi) is 7.05. The fourth-order valence-electron chi connectivity index (χ4n) is 4.22. The lowest BCUT2D eigenvalue weighted by atomic mass is 9.84. The number of hydrogen-bond donors (Lipinski definition) is 0. The molecule has 0 aliphatic heterocycles. The van der Waals surface area contributed by atoms with Crippen LogP contribution in [0, 0.1) is 0 Å². The highest BCUT2D eigenvalue weighted by Crippen LogP contribution is 2.39. The van der Waals surface area contributed by atoms with Crippen LogP contribution in [0.4, 0.5) is 5.82 Å². The topological polar surface area (TPSA) is 16.1 Å². The van der Waals surface area contributed by atoms with Crippen molar-refractivity contribution in [1.29, 1.82) is 0 Å². The maximum Gasteiger partial charge on any atom is 0.129 e. The first-order valence-corrected chi connectivity index (χ1v) is 10.9. The monoisotopic (exact) mass is 392 g/mol. The molecule has 1 aromatic carbocycles. The lowest BCUT2D eigenvalue weighted by Gasteiger charge is -2.26. The third-order valence-corrected chi connectivity index (χ3v) is 6.43. The van der Waals surface area contributed by atoms with Gasteiger partial charge in [0.1, 0.15) is 5.82 Å². The van der Waals surface area contributed by atoms with E-state index >= 15 is 0 Å². The molecule has 0 unspecified atom stereocenters. The summed E-state index contributed by atoms with van der Waals surface area (Å²) in [4.78, 5) is 7.28. The molecule has 26 heavy (non-hydrogen) atoms. The molecule has 1 heterocycles. The highest BCUT2D eigenvalue weighted by Gasteiger charge is 2.20. The molecule has 0 amide bonds. The first kappa shape index (κ1) is 19.8. The van der Waals surface area contributed by atoms with Crippen molar-refractivity contribution in [3.63, 3.8) is 0 Å². The highest BCUT2D eigenvalue weighted by molar-refractivity contribution is 6.45. The van der Waals surface area contributed by atoms with E-state index in [1.807, 2.05) is 6.07 Å². The molecule has 1 aromatic heterocycles.